The van der Waals surface area contributed by atoms with Gasteiger partial charge in [-0.05, 0) is 26.7 Å². The van der Waals surface area contributed by atoms with Crippen molar-refractivity contribution in [3.63, 3.8) is 0 Å². The Morgan fingerprint density at radius 2 is 2.00 bits per heavy atom. The predicted molar refractivity (Wildman–Crippen MR) is 44.8 cm³/mol. The minimum absolute atomic E-state index is 0.116. The molecule has 2 fully saturated rings. The van der Waals surface area contributed by atoms with Gasteiger partial charge in [-0.1, -0.05) is 0 Å². The van der Waals surface area contributed by atoms with E-state index in [-0.39, 0.29) is 12.0 Å². The van der Waals surface area contributed by atoms with Gasteiger partial charge in [-0.25, -0.2) is 0 Å². The standard InChI is InChI=1S/C9H15NO2/c1-7-9(2,12-7)8(11)10-5-3-4-6-10/h7H,3-6H2,1-2H3/t7-,9+/m0/s1. The molecule has 3 heteroatoms. The van der Waals surface area contributed by atoms with Gasteiger partial charge >= 0.3 is 0 Å². The van der Waals surface area contributed by atoms with Crippen molar-refractivity contribution in [1.82, 2.24) is 4.90 Å². The van der Waals surface area contributed by atoms with Crippen LogP contribution in [0.4, 0.5) is 0 Å². The van der Waals surface area contributed by atoms with Crippen molar-refractivity contribution in [3.05, 3.63) is 0 Å². The van der Waals surface area contributed by atoms with Crippen LogP contribution >= 0.6 is 0 Å². The monoisotopic (exact) mass is 169 g/mol. The number of carbonyl (C=O) groups is 1. The molecule has 0 aromatic rings. The third-order valence-electron chi connectivity index (χ3n) is 2.96. The summed E-state index contributed by atoms with van der Waals surface area (Å²) in [6.07, 6.45) is 2.41. The van der Waals surface area contributed by atoms with Crippen molar-refractivity contribution in [1.29, 1.82) is 0 Å². The normalized spacial score (nSPS) is 40.2. The van der Waals surface area contributed by atoms with E-state index in [1.165, 1.54) is 0 Å². The number of amides is 1. The van der Waals surface area contributed by atoms with E-state index in [0.717, 1.165) is 25.9 Å². The molecule has 0 saturated carbocycles. The number of likely N-dealkylation sites (tertiary alicyclic amines) is 1. The first kappa shape index (κ1) is 8.05. The molecule has 68 valence electrons. The number of hydrogen-bond acceptors (Lipinski definition) is 2. The number of ether oxygens (including phenoxy) is 1. The summed E-state index contributed by atoms with van der Waals surface area (Å²) < 4.78 is 5.29. The smallest absolute Gasteiger partial charge is 0.257 e. The van der Waals surface area contributed by atoms with Crippen LogP contribution in [0, 0.1) is 0 Å². The van der Waals surface area contributed by atoms with E-state index in [1.807, 2.05) is 18.7 Å². The zero-order valence-electron chi connectivity index (χ0n) is 7.67. The second-order valence-corrected chi connectivity index (χ2v) is 3.87. The Labute approximate surface area is 72.7 Å². The largest absolute Gasteiger partial charge is 0.356 e. The number of nitrogens with zero attached hydrogens (tertiary/aromatic N) is 1. The first-order valence-corrected chi connectivity index (χ1v) is 4.62. The van der Waals surface area contributed by atoms with Crippen LogP contribution in [-0.2, 0) is 9.53 Å². The van der Waals surface area contributed by atoms with Crippen molar-refractivity contribution < 1.29 is 9.53 Å². The molecule has 2 rings (SSSR count). The molecule has 0 spiro atoms. The second kappa shape index (κ2) is 2.46. The summed E-state index contributed by atoms with van der Waals surface area (Å²) in [5, 5.41) is 0. The van der Waals surface area contributed by atoms with Crippen LogP contribution in [0.1, 0.15) is 26.7 Å². The minimum atomic E-state index is -0.482. The van der Waals surface area contributed by atoms with Gasteiger partial charge in [0.1, 0.15) is 0 Å². The zero-order valence-corrected chi connectivity index (χ0v) is 7.67. The summed E-state index contributed by atoms with van der Waals surface area (Å²) in [6, 6.07) is 0. The van der Waals surface area contributed by atoms with Gasteiger partial charge in [-0.3, -0.25) is 4.79 Å². The molecule has 2 saturated heterocycles. The Kier molecular flexibility index (Phi) is 1.65. The van der Waals surface area contributed by atoms with Crippen LogP contribution in [0.2, 0.25) is 0 Å². The van der Waals surface area contributed by atoms with E-state index in [1.54, 1.807) is 0 Å². The number of carbonyl (C=O) groups excluding carboxylic acids is 1. The minimum Gasteiger partial charge on any atom is -0.356 e. The lowest BCUT2D eigenvalue weighted by molar-refractivity contribution is -0.135. The first-order chi connectivity index (χ1) is 5.64. The SMILES string of the molecule is C[C@@H]1O[C@@]1(C)C(=O)N1CCCC1. The van der Waals surface area contributed by atoms with Gasteiger partial charge in [0.15, 0.2) is 5.60 Å². The van der Waals surface area contributed by atoms with Gasteiger partial charge < -0.3 is 9.64 Å². The van der Waals surface area contributed by atoms with Gasteiger partial charge in [0, 0.05) is 13.1 Å². The van der Waals surface area contributed by atoms with Crippen molar-refractivity contribution in [3.8, 4) is 0 Å². The number of epoxide rings is 1. The van der Waals surface area contributed by atoms with Crippen LogP contribution in [0.15, 0.2) is 0 Å². The molecule has 0 unspecified atom stereocenters. The topological polar surface area (TPSA) is 32.8 Å². The van der Waals surface area contributed by atoms with Crippen molar-refractivity contribution >= 4 is 5.91 Å². The van der Waals surface area contributed by atoms with E-state index in [2.05, 4.69) is 0 Å². The van der Waals surface area contributed by atoms with Gasteiger partial charge in [0.05, 0.1) is 6.10 Å². The Morgan fingerprint density at radius 3 is 2.42 bits per heavy atom. The maximum atomic E-state index is 11.7. The molecule has 2 atom stereocenters. The molecule has 0 N–H and O–H groups in total. The molecule has 3 nitrogen and oxygen atoms in total. The molecular formula is C9H15NO2. The fraction of sp³-hybridized carbons (Fsp3) is 0.889. The van der Waals surface area contributed by atoms with E-state index < -0.39 is 5.60 Å². The summed E-state index contributed by atoms with van der Waals surface area (Å²) in [5.74, 6) is 0.188. The molecule has 12 heavy (non-hydrogen) atoms. The van der Waals surface area contributed by atoms with Crippen molar-refractivity contribution in [2.75, 3.05) is 13.1 Å². The molecule has 0 aromatic carbocycles. The third kappa shape index (κ3) is 1.04. The highest BCUT2D eigenvalue weighted by atomic mass is 16.6. The lowest BCUT2D eigenvalue weighted by Gasteiger charge is -2.17. The number of hydrogen-bond donors (Lipinski definition) is 0. The van der Waals surface area contributed by atoms with E-state index in [4.69, 9.17) is 4.74 Å². The molecule has 2 aliphatic heterocycles. The first-order valence-electron chi connectivity index (χ1n) is 4.62. The summed E-state index contributed by atoms with van der Waals surface area (Å²) in [7, 11) is 0. The lowest BCUT2D eigenvalue weighted by atomic mass is 10.1. The maximum absolute atomic E-state index is 11.7. The van der Waals surface area contributed by atoms with Gasteiger partial charge in [0.25, 0.3) is 5.91 Å². The average molecular weight is 169 g/mol. The highest BCUT2D eigenvalue weighted by Gasteiger charge is 2.57. The average Bonchev–Trinajstić information content (AvgIpc) is 2.59. The summed E-state index contributed by atoms with van der Waals surface area (Å²) in [4.78, 5) is 13.7. The predicted octanol–water partition coefficient (Wildman–Crippen LogP) is 0.786. The number of rotatable bonds is 1. The Bertz CT molecular complexity index is 211. The molecule has 0 radical (unpaired) electrons. The quantitative estimate of drug-likeness (QED) is 0.543. The zero-order chi connectivity index (χ0) is 8.77. The van der Waals surface area contributed by atoms with Gasteiger partial charge in [-0.15, -0.1) is 0 Å². The highest BCUT2D eigenvalue weighted by molar-refractivity contribution is 5.88. The molecule has 2 aliphatic rings. The fourth-order valence-electron chi connectivity index (χ4n) is 1.79. The van der Waals surface area contributed by atoms with Crippen LogP contribution in [0.3, 0.4) is 0 Å². The molecular weight excluding hydrogens is 154 g/mol. The third-order valence-corrected chi connectivity index (χ3v) is 2.96. The molecule has 1 amide bonds. The van der Waals surface area contributed by atoms with Crippen LogP contribution in [0.5, 0.6) is 0 Å². The van der Waals surface area contributed by atoms with E-state index >= 15 is 0 Å². The summed E-state index contributed by atoms with van der Waals surface area (Å²) >= 11 is 0. The van der Waals surface area contributed by atoms with E-state index in [9.17, 15) is 4.79 Å². The molecule has 0 aromatic heterocycles. The Morgan fingerprint density at radius 1 is 1.50 bits per heavy atom. The van der Waals surface area contributed by atoms with Crippen molar-refractivity contribution in [2.24, 2.45) is 0 Å². The van der Waals surface area contributed by atoms with Crippen LogP contribution < -0.4 is 0 Å². The maximum Gasteiger partial charge on any atom is 0.257 e. The van der Waals surface area contributed by atoms with Crippen LogP contribution in [0.25, 0.3) is 0 Å². The Hall–Kier alpha value is -0.570. The summed E-state index contributed by atoms with van der Waals surface area (Å²) in [6.45, 7) is 5.68. The molecule has 0 bridgehead atoms. The summed E-state index contributed by atoms with van der Waals surface area (Å²) in [5.41, 5.74) is -0.482. The highest BCUT2D eigenvalue weighted by Crippen LogP contribution is 2.37. The van der Waals surface area contributed by atoms with E-state index in [0.29, 0.717) is 0 Å². The van der Waals surface area contributed by atoms with Crippen molar-refractivity contribution in [2.45, 2.75) is 38.4 Å². The van der Waals surface area contributed by atoms with Gasteiger partial charge in [-0.2, -0.15) is 0 Å². The molecule has 2 heterocycles. The van der Waals surface area contributed by atoms with Crippen LogP contribution in [-0.4, -0.2) is 35.6 Å². The fourth-order valence-corrected chi connectivity index (χ4v) is 1.79. The second-order valence-electron chi connectivity index (χ2n) is 3.87. The lowest BCUT2D eigenvalue weighted by Crippen LogP contribution is -2.38. The Balaban J connectivity index is 2.00. The molecule has 0 aliphatic carbocycles. The van der Waals surface area contributed by atoms with Gasteiger partial charge in [0.2, 0.25) is 0 Å².